The van der Waals surface area contributed by atoms with Crippen molar-refractivity contribution in [1.82, 2.24) is 10.0 Å². The Labute approximate surface area is 119 Å². The lowest BCUT2D eigenvalue weighted by Crippen LogP contribution is -2.35. The first-order valence-corrected chi connectivity index (χ1v) is 7.71. The molecule has 1 aromatic rings. The van der Waals surface area contributed by atoms with Crippen LogP contribution in [0.1, 0.15) is 12.5 Å². The van der Waals surface area contributed by atoms with Crippen molar-refractivity contribution in [2.45, 2.75) is 24.4 Å². The summed E-state index contributed by atoms with van der Waals surface area (Å²) in [6, 6.07) is 4.40. The predicted octanol–water partition coefficient (Wildman–Crippen LogP) is 1.37. The Hall–Kier alpha value is -0.660. The van der Waals surface area contributed by atoms with E-state index in [9.17, 15) is 8.42 Å². The van der Waals surface area contributed by atoms with E-state index in [4.69, 9.17) is 16.3 Å². The summed E-state index contributed by atoms with van der Waals surface area (Å²) in [6.45, 7) is 2.63. The Morgan fingerprint density at radius 1 is 1.42 bits per heavy atom. The molecule has 0 bridgehead atoms. The van der Waals surface area contributed by atoms with Crippen LogP contribution in [0.25, 0.3) is 0 Å². The third-order valence-electron chi connectivity index (χ3n) is 2.48. The van der Waals surface area contributed by atoms with Gasteiger partial charge in [-0.15, -0.1) is 0 Å². The number of methoxy groups -OCH3 is 1. The SMILES string of the molecule is CNCc1ccc(S(=O)(=O)NC(C)COC)cc1Cl. The largest absolute Gasteiger partial charge is 0.383 e. The molecule has 7 heteroatoms. The Balaban J connectivity index is 2.93. The van der Waals surface area contributed by atoms with E-state index in [2.05, 4.69) is 10.0 Å². The molecular weight excluding hydrogens is 288 g/mol. The van der Waals surface area contributed by atoms with Gasteiger partial charge in [0.2, 0.25) is 10.0 Å². The number of hydrogen-bond donors (Lipinski definition) is 2. The smallest absolute Gasteiger partial charge is 0.240 e. The van der Waals surface area contributed by atoms with Crippen LogP contribution in [0.3, 0.4) is 0 Å². The first-order chi connectivity index (χ1) is 8.90. The molecule has 108 valence electrons. The average Bonchev–Trinajstić information content (AvgIpc) is 2.31. The molecule has 1 rings (SSSR count). The fraction of sp³-hybridized carbons (Fsp3) is 0.500. The highest BCUT2D eigenvalue weighted by molar-refractivity contribution is 7.89. The summed E-state index contributed by atoms with van der Waals surface area (Å²) < 4.78 is 31.6. The molecule has 0 aliphatic carbocycles. The van der Waals surface area contributed by atoms with Crippen molar-refractivity contribution in [3.05, 3.63) is 28.8 Å². The molecule has 1 atom stereocenters. The predicted molar refractivity (Wildman–Crippen MR) is 75.9 cm³/mol. The van der Waals surface area contributed by atoms with Crippen molar-refractivity contribution < 1.29 is 13.2 Å². The molecule has 2 N–H and O–H groups in total. The first-order valence-electron chi connectivity index (χ1n) is 5.85. The van der Waals surface area contributed by atoms with Crippen LogP contribution >= 0.6 is 11.6 Å². The zero-order valence-electron chi connectivity index (χ0n) is 11.2. The monoisotopic (exact) mass is 306 g/mol. The molecule has 0 spiro atoms. The molecule has 0 heterocycles. The standard InChI is InChI=1S/C12H19ClN2O3S/c1-9(8-18-3)15-19(16,17)11-5-4-10(7-14-2)12(13)6-11/h4-6,9,14-15H,7-8H2,1-3H3. The summed E-state index contributed by atoms with van der Waals surface area (Å²) in [5.41, 5.74) is 0.855. The number of rotatable bonds is 7. The summed E-state index contributed by atoms with van der Waals surface area (Å²) in [7, 11) is -0.248. The Morgan fingerprint density at radius 2 is 2.11 bits per heavy atom. The summed E-state index contributed by atoms with van der Waals surface area (Å²) in [5, 5.41) is 3.39. The Kier molecular flexibility index (Phi) is 6.22. The van der Waals surface area contributed by atoms with Gasteiger partial charge in [0.1, 0.15) is 0 Å². The van der Waals surface area contributed by atoms with E-state index < -0.39 is 10.0 Å². The lowest BCUT2D eigenvalue weighted by molar-refractivity contribution is 0.180. The topological polar surface area (TPSA) is 67.4 Å². The van der Waals surface area contributed by atoms with Crippen molar-refractivity contribution in [3.63, 3.8) is 0 Å². The van der Waals surface area contributed by atoms with Crippen LogP contribution in [-0.4, -0.2) is 35.2 Å². The third kappa shape index (κ3) is 4.74. The third-order valence-corrected chi connectivity index (χ3v) is 4.41. The maximum Gasteiger partial charge on any atom is 0.240 e. The number of sulfonamides is 1. The fourth-order valence-corrected chi connectivity index (χ4v) is 3.21. The molecule has 5 nitrogen and oxygen atoms in total. The maximum atomic E-state index is 12.1. The second-order valence-corrected chi connectivity index (χ2v) is 6.38. The first kappa shape index (κ1) is 16.4. The van der Waals surface area contributed by atoms with E-state index in [1.54, 1.807) is 26.1 Å². The van der Waals surface area contributed by atoms with E-state index in [1.165, 1.54) is 13.2 Å². The van der Waals surface area contributed by atoms with Gasteiger partial charge in [-0.25, -0.2) is 13.1 Å². The maximum absolute atomic E-state index is 12.1. The van der Waals surface area contributed by atoms with Crippen molar-refractivity contribution in [3.8, 4) is 0 Å². The summed E-state index contributed by atoms with van der Waals surface area (Å²) in [5.74, 6) is 0. The fourth-order valence-electron chi connectivity index (χ4n) is 1.65. The number of halogens is 1. The molecule has 0 fully saturated rings. The molecule has 0 amide bonds. The van der Waals surface area contributed by atoms with E-state index in [0.717, 1.165) is 5.56 Å². The molecule has 0 aliphatic rings. The van der Waals surface area contributed by atoms with E-state index >= 15 is 0 Å². The molecule has 0 saturated carbocycles. The second kappa shape index (κ2) is 7.21. The lowest BCUT2D eigenvalue weighted by atomic mass is 10.2. The van der Waals surface area contributed by atoms with Crippen molar-refractivity contribution in [2.24, 2.45) is 0 Å². The van der Waals surface area contributed by atoms with Crippen molar-refractivity contribution in [2.75, 3.05) is 20.8 Å². The van der Waals surface area contributed by atoms with Gasteiger partial charge in [0.05, 0.1) is 11.5 Å². The van der Waals surface area contributed by atoms with Crippen LogP contribution in [0.2, 0.25) is 5.02 Å². The number of nitrogens with one attached hydrogen (secondary N) is 2. The average molecular weight is 307 g/mol. The highest BCUT2D eigenvalue weighted by Crippen LogP contribution is 2.20. The minimum absolute atomic E-state index is 0.153. The molecule has 0 radical (unpaired) electrons. The van der Waals surface area contributed by atoms with Gasteiger partial charge in [0.15, 0.2) is 0 Å². The van der Waals surface area contributed by atoms with Crippen LogP contribution in [0.15, 0.2) is 23.1 Å². The minimum atomic E-state index is -3.57. The lowest BCUT2D eigenvalue weighted by Gasteiger charge is -2.14. The van der Waals surface area contributed by atoms with Crippen LogP contribution in [0, 0.1) is 0 Å². The number of hydrogen-bond acceptors (Lipinski definition) is 4. The van der Waals surface area contributed by atoms with Gasteiger partial charge >= 0.3 is 0 Å². The number of benzene rings is 1. The molecular formula is C12H19ClN2O3S. The van der Waals surface area contributed by atoms with Crippen LogP contribution in [0.5, 0.6) is 0 Å². The highest BCUT2D eigenvalue weighted by atomic mass is 35.5. The van der Waals surface area contributed by atoms with Crippen LogP contribution < -0.4 is 10.0 Å². The summed E-state index contributed by atoms with van der Waals surface area (Å²) in [4.78, 5) is 0.153. The Morgan fingerprint density at radius 3 is 2.63 bits per heavy atom. The summed E-state index contributed by atoms with van der Waals surface area (Å²) in [6.07, 6.45) is 0. The zero-order chi connectivity index (χ0) is 14.5. The van der Waals surface area contributed by atoms with Gasteiger partial charge < -0.3 is 10.1 Å². The summed E-state index contributed by atoms with van der Waals surface area (Å²) >= 11 is 6.06. The van der Waals surface area contributed by atoms with Gasteiger partial charge in [-0.2, -0.15) is 0 Å². The van der Waals surface area contributed by atoms with E-state index in [0.29, 0.717) is 18.2 Å². The number of ether oxygens (including phenoxy) is 1. The quantitative estimate of drug-likeness (QED) is 0.798. The van der Waals surface area contributed by atoms with Gasteiger partial charge in [0, 0.05) is 24.7 Å². The molecule has 0 aromatic heterocycles. The molecule has 1 aromatic carbocycles. The molecule has 19 heavy (non-hydrogen) atoms. The highest BCUT2D eigenvalue weighted by Gasteiger charge is 2.18. The van der Waals surface area contributed by atoms with Crippen molar-refractivity contribution in [1.29, 1.82) is 0 Å². The Bertz CT molecular complexity index is 520. The van der Waals surface area contributed by atoms with E-state index in [1.807, 2.05) is 0 Å². The van der Waals surface area contributed by atoms with Gasteiger partial charge in [-0.3, -0.25) is 0 Å². The van der Waals surface area contributed by atoms with Crippen LogP contribution in [0.4, 0.5) is 0 Å². The van der Waals surface area contributed by atoms with E-state index in [-0.39, 0.29) is 10.9 Å². The van der Waals surface area contributed by atoms with Gasteiger partial charge in [-0.1, -0.05) is 17.7 Å². The van der Waals surface area contributed by atoms with Crippen LogP contribution in [-0.2, 0) is 21.3 Å². The molecule has 1 unspecified atom stereocenters. The van der Waals surface area contributed by atoms with Gasteiger partial charge in [-0.05, 0) is 31.7 Å². The van der Waals surface area contributed by atoms with Crippen molar-refractivity contribution >= 4 is 21.6 Å². The zero-order valence-corrected chi connectivity index (χ0v) is 12.8. The van der Waals surface area contributed by atoms with Gasteiger partial charge in [0.25, 0.3) is 0 Å². The second-order valence-electron chi connectivity index (χ2n) is 4.26. The molecule has 0 aliphatic heterocycles. The normalized spacial score (nSPS) is 13.5. The molecule has 0 saturated heterocycles. The minimum Gasteiger partial charge on any atom is -0.383 e.